The van der Waals surface area contributed by atoms with Crippen LogP contribution in [0, 0.1) is 6.92 Å². The maximum atomic E-state index is 13.2. The zero-order valence-corrected chi connectivity index (χ0v) is 15.1. The lowest BCUT2D eigenvalue weighted by Crippen LogP contribution is -2.28. The molecule has 2 heterocycles. The Morgan fingerprint density at radius 3 is 2.68 bits per heavy atom. The Morgan fingerprint density at radius 1 is 1.20 bits per heavy atom. The minimum absolute atomic E-state index is 0.00955. The molecular weight excluding hydrogens is 314 g/mol. The lowest BCUT2D eigenvalue weighted by molar-refractivity contribution is 0.159. The standard InChI is InChI=1S/C21H21NO3/c1-12-7-6-8-14-18(12)22(4)19-13-9-10-21(2,3)25-15(13)11-16(24-5)17(19)20(14)23/h6-11H,1-5H3. The zero-order valence-electron chi connectivity index (χ0n) is 15.1. The molecule has 0 unspecified atom stereocenters. The number of ether oxygens (including phenoxy) is 2. The largest absolute Gasteiger partial charge is 0.496 e. The minimum atomic E-state index is -0.392. The number of para-hydroxylation sites is 1. The lowest BCUT2D eigenvalue weighted by atomic mass is 9.97. The molecule has 0 fully saturated rings. The Labute approximate surface area is 146 Å². The van der Waals surface area contributed by atoms with Gasteiger partial charge in [-0.25, -0.2) is 0 Å². The first-order chi connectivity index (χ1) is 11.8. The molecule has 0 atom stereocenters. The van der Waals surface area contributed by atoms with Crippen LogP contribution in [0.2, 0.25) is 0 Å². The van der Waals surface area contributed by atoms with Gasteiger partial charge in [-0.2, -0.15) is 0 Å². The van der Waals surface area contributed by atoms with Gasteiger partial charge in [0.1, 0.15) is 17.1 Å². The van der Waals surface area contributed by atoms with Crippen molar-refractivity contribution >= 4 is 27.9 Å². The van der Waals surface area contributed by atoms with E-state index in [-0.39, 0.29) is 5.43 Å². The predicted octanol–water partition coefficient (Wildman–Crippen LogP) is 4.19. The second-order valence-electron chi connectivity index (χ2n) is 7.11. The predicted molar refractivity (Wildman–Crippen MR) is 102 cm³/mol. The molecule has 4 rings (SSSR count). The van der Waals surface area contributed by atoms with Gasteiger partial charge in [0.25, 0.3) is 0 Å². The fourth-order valence-corrected chi connectivity index (χ4v) is 3.75. The number of fused-ring (bicyclic) bond motifs is 4. The van der Waals surface area contributed by atoms with Gasteiger partial charge >= 0.3 is 0 Å². The Bertz CT molecular complexity index is 1120. The number of nitrogens with zero attached hydrogens (tertiary/aromatic N) is 1. The van der Waals surface area contributed by atoms with Crippen molar-refractivity contribution in [3.8, 4) is 11.5 Å². The van der Waals surface area contributed by atoms with Gasteiger partial charge in [0, 0.05) is 24.1 Å². The Balaban J connectivity index is 2.29. The average molecular weight is 335 g/mol. The van der Waals surface area contributed by atoms with Crippen molar-refractivity contribution in [3.63, 3.8) is 0 Å². The summed E-state index contributed by atoms with van der Waals surface area (Å²) in [6.45, 7) is 6.04. The molecule has 0 aliphatic carbocycles. The molecular formula is C21H21NO3. The van der Waals surface area contributed by atoms with Gasteiger partial charge in [-0.05, 0) is 44.6 Å². The Morgan fingerprint density at radius 2 is 1.96 bits per heavy atom. The molecule has 3 aromatic rings. The van der Waals surface area contributed by atoms with Crippen LogP contribution in [0.25, 0.3) is 27.9 Å². The molecule has 1 aliphatic rings. The van der Waals surface area contributed by atoms with Gasteiger partial charge in [-0.15, -0.1) is 0 Å². The molecule has 0 saturated carbocycles. The van der Waals surface area contributed by atoms with Crippen LogP contribution in [0.15, 0.2) is 35.1 Å². The summed E-state index contributed by atoms with van der Waals surface area (Å²) in [4.78, 5) is 13.2. The topological polar surface area (TPSA) is 40.5 Å². The van der Waals surface area contributed by atoms with Crippen LogP contribution in [-0.4, -0.2) is 17.3 Å². The minimum Gasteiger partial charge on any atom is -0.496 e. The van der Waals surface area contributed by atoms with Gasteiger partial charge < -0.3 is 14.0 Å². The van der Waals surface area contributed by atoms with Crippen LogP contribution in [-0.2, 0) is 7.05 Å². The summed E-state index contributed by atoms with van der Waals surface area (Å²) in [5.74, 6) is 1.28. The van der Waals surface area contributed by atoms with Crippen molar-refractivity contribution < 1.29 is 9.47 Å². The van der Waals surface area contributed by atoms with E-state index < -0.39 is 5.60 Å². The van der Waals surface area contributed by atoms with Crippen molar-refractivity contribution in [1.82, 2.24) is 4.57 Å². The third-order valence-electron chi connectivity index (χ3n) is 4.89. The van der Waals surface area contributed by atoms with Crippen LogP contribution >= 0.6 is 0 Å². The number of hydrogen-bond acceptors (Lipinski definition) is 3. The van der Waals surface area contributed by atoms with E-state index >= 15 is 0 Å². The van der Waals surface area contributed by atoms with Crippen LogP contribution < -0.4 is 14.9 Å². The van der Waals surface area contributed by atoms with Crippen molar-refractivity contribution in [1.29, 1.82) is 0 Å². The van der Waals surface area contributed by atoms with E-state index in [4.69, 9.17) is 9.47 Å². The molecule has 2 aromatic carbocycles. The zero-order chi connectivity index (χ0) is 17.9. The molecule has 4 heteroatoms. The SMILES string of the molecule is COc1cc2c(c3c1c(=O)c1cccc(C)c1n3C)C=CC(C)(C)O2. The molecule has 1 aliphatic heterocycles. The van der Waals surface area contributed by atoms with Crippen molar-refractivity contribution in [3.05, 3.63) is 51.7 Å². The van der Waals surface area contributed by atoms with Crippen LogP contribution in [0.1, 0.15) is 25.0 Å². The van der Waals surface area contributed by atoms with Crippen molar-refractivity contribution in [2.24, 2.45) is 7.05 Å². The summed E-state index contributed by atoms with van der Waals surface area (Å²) >= 11 is 0. The normalized spacial score (nSPS) is 15.2. The van der Waals surface area contributed by atoms with Crippen LogP contribution in [0.3, 0.4) is 0 Å². The average Bonchev–Trinajstić information content (AvgIpc) is 2.56. The molecule has 128 valence electrons. The van der Waals surface area contributed by atoms with Gasteiger partial charge in [0.2, 0.25) is 5.43 Å². The highest BCUT2D eigenvalue weighted by molar-refractivity contribution is 6.02. The molecule has 0 saturated heterocycles. The number of pyridine rings is 1. The number of hydrogen-bond donors (Lipinski definition) is 0. The highest BCUT2D eigenvalue weighted by atomic mass is 16.5. The first-order valence-electron chi connectivity index (χ1n) is 8.35. The maximum Gasteiger partial charge on any atom is 0.201 e. The monoisotopic (exact) mass is 335 g/mol. The quantitative estimate of drug-likeness (QED) is 0.626. The number of benzene rings is 2. The lowest BCUT2D eigenvalue weighted by Gasteiger charge is -2.29. The van der Waals surface area contributed by atoms with Crippen LogP contribution in [0.5, 0.6) is 11.5 Å². The van der Waals surface area contributed by atoms with E-state index in [0.717, 1.165) is 27.9 Å². The summed E-state index contributed by atoms with van der Waals surface area (Å²) in [5, 5.41) is 1.30. The van der Waals surface area contributed by atoms with Gasteiger partial charge in [0.15, 0.2) is 0 Å². The van der Waals surface area contributed by atoms with E-state index in [0.29, 0.717) is 16.5 Å². The Kier molecular flexibility index (Phi) is 3.23. The summed E-state index contributed by atoms with van der Waals surface area (Å²) < 4.78 is 13.8. The number of aryl methyl sites for hydroxylation is 2. The highest BCUT2D eigenvalue weighted by Crippen LogP contribution is 2.40. The fraction of sp³-hybridized carbons (Fsp3) is 0.286. The molecule has 0 N–H and O–H groups in total. The van der Waals surface area contributed by atoms with Gasteiger partial charge in [-0.1, -0.05) is 12.1 Å². The van der Waals surface area contributed by atoms with Gasteiger partial charge in [-0.3, -0.25) is 4.79 Å². The summed E-state index contributed by atoms with van der Waals surface area (Å²) in [6, 6.07) is 7.64. The molecule has 0 bridgehead atoms. The van der Waals surface area contributed by atoms with Crippen molar-refractivity contribution in [2.75, 3.05) is 7.11 Å². The smallest absolute Gasteiger partial charge is 0.201 e. The third kappa shape index (κ3) is 2.17. The summed E-state index contributed by atoms with van der Waals surface area (Å²) in [6.07, 6.45) is 4.07. The Hall–Kier alpha value is -2.75. The molecule has 0 radical (unpaired) electrons. The number of rotatable bonds is 1. The van der Waals surface area contributed by atoms with E-state index in [1.54, 1.807) is 7.11 Å². The molecule has 0 spiro atoms. The first kappa shape index (κ1) is 15.8. The first-order valence-corrected chi connectivity index (χ1v) is 8.35. The van der Waals surface area contributed by atoms with E-state index in [1.807, 2.05) is 64.2 Å². The van der Waals surface area contributed by atoms with E-state index in [9.17, 15) is 4.79 Å². The third-order valence-corrected chi connectivity index (χ3v) is 4.89. The second-order valence-corrected chi connectivity index (χ2v) is 7.11. The summed E-state index contributed by atoms with van der Waals surface area (Å²) in [7, 11) is 3.58. The molecule has 4 nitrogen and oxygen atoms in total. The van der Waals surface area contributed by atoms with E-state index in [2.05, 4.69) is 4.57 Å². The highest BCUT2D eigenvalue weighted by Gasteiger charge is 2.27. The number of methoxy groups -OCH3 is 1. The van der Waals surface area contributed by atoms with Gasteiger partial charge in [0.05, 0.1) is 23.5 Å². The molecule has 1 aromatic heterocycles. The summed E-state index contributed by atoms with van der Waals surface area (Å²) in [5.41, 5.74) is 3.36. The second kappa shape index (κ2) is 5.12. The van der Waals surface area contributed by atoms with Crippen molar-refractivity contribution in [2.45, 2.75) is 26.4 Å². The molecule has 0 amide bonds. The maximum absolute atomic E-state index is 13.2. The number of aromatic nitrogens is 1. The van der Waals surface area contributed by atoms with Crippen LogP contribution in [0.4, 0.5) is 0 Å². The van der Waals surface area contributed by atoms with E-state index in [1.165, 1.54) is 0 Å². The molecule has 25 heavy (non-hydrogen) atoms. The fourth-order valence-electron chi connectivity index (χ4n) is 3.75.